The molecule has 1 aliphatic rings. The van der Waals surface area contributed by atoms with Crippen molar-refractivity contribution in [1.82, 2.24) is 0 Å². The van der Waals surface area contributed by atoms with E-state index in [0.717, 1.165) is 30.7 Å². The van der Waals surface area contributed by atoms with Crippen LogP contribution in [0.1, 0.15) is 25.3 Å². The van der Waals surface area contributed by atoms with Crippen LogP contribution < -0.4 is 5.32 Å². The fourth-order valence-corrected chi connectivity index (χ4v) is 2.07. The maximum absolute atomic E-state index is 9.19. The molecule has 1 fully saturated rings. The Morgan fingerprint density at radius 1 is 1.38 bits per heavy atom. The minimum absolute atomic E-state index is 0.0881. The van der Waals surface area contributed by atoms with Crippen molar-refractivity contribution in [3.8, 4) is 0 Å². The Balaban J connectivity index is 1.86. The van der Waals surface area contributed by atoms with Crippen molar-refractivity contribution < 1.29 is 9.84 Å². The average molecular weight is 221 g/mol. The first-order chi connectivity index (χ1) is 7.83. The Bertz CT molecular complexity index is 334. The molecular formula is C13H19NO2. The van der Waals surface area contributed by atoms with E-state index in [9.17, 15) is 5.11 Å². The molecule has 0 bridgehead atoms. The molecule has 0 saturated heterocycles. The molecule has 1 aromatic rings. The lowest BCUT2D eigenvalue weighted by Gasteiger charge is -2.36. The quantitative estimate of drug-likeness (QED) is 0.800. The number of anilines is 1. The first-order valence-corrected chi connectivity index (χ1v) is 5.90. The summed E-state index contributed by atoms with van der Waals surface area (Å²) >= 11 is 0. The van der Waals surface area contributed by atoms with Crippen molar-refractivity contribution in [3.05, 3.63) is 29.8 Å². The van der Waals surface area contributed by atoms with Gasteiger partial charge in [0.2, 0.25) is 0 Å². The van der Waals surface area contributed by atoms with Crippen LogP contribution in [0, 0.1) is 0 Å². The minimum atomic E-state index is 0.0881. The van der Waals surface area contributed by atoms with Crippen LogP contribution in [0.2, 0.25) is 0 Å². The van der Waals surface area contributed by atoms with Crippen LogP contribution in [-0.4, -0.2) is 23.9 Å². The second kappa shape index (κ2) is 5.32. The van der Waals surface area contributed by atoms with E-state index in [2.05, 4.69) is 5.32 Å². The van der Waals surface area contributed by atoms with Crippen molar-refractivity contribution in [2.75, 3.05) is 11.9 Å². The smallest absolute Gasteiger partial charge is 0.0701 e. The number of hydrogen-bond donors (Lipinski definition) is 2. The van der Waals surface area contributed by atoms with Gasteiger partial charge in [-0.3, -0.25) is 0 Å². The molecule has 0 aromatic heterocycles. The van der Waals surface area contributed by atoms with Crippen LogP contribution in [-0.2, 0) is 11.3 Å². The first kappa shape index (κ1) is 11.4. The van der Waals surface area contributed by atoms with E-state index in [-0.39, 0.29) is 6.61 Å². The SMILES string of the molecule is CCOC1CC(Nc2ccccc2CO)C1. The molecule has 0 atom stereocenters. The monoisotopic (exact) mass is 221 g/mol. The molecule has 88 valence electrons. The standard InChI is InChI=1S/C13H19NO2/c1-2-16-12-7-11(8-12)14-13-6-4-3-5-10(13)9-15/h3-6,11-12,14-15H,2,7-9H2,1H3. The molecular weight excluding hydrogens is 202 g/mol. The van der Waals surface area contributed by atoms with Gasteiger partial charge in [-0.05, 0) is 25.8 Å². The number of hydrogen-bond acceptors (Lipinski definition) is 3. The Morgan fingerprint density at radius 3 is 2.81 bits per heavy atom. The van der Waals surface area contributed by atoms with Gasteiger partial charge in [0.05, 0.1) is 12.7 Å². The third kappa shape index (κ3) is 2.54. The Hall–Kier alpha value is -1.06. The number of aliphatic hydroxyl groups excluding tert-OH is 1. The van der Waals surface area contributed by atoms with Gasteiger partial charge in [0.25, 0.3) is 0 Å². The van der Waals surface area contributed by atoms with Gasteiger partial charge in [-0.2, -0.15) is 0 Å². The number of benzene rings is 1. The normalized spacial score (nSPS) is 23.9. The molecule has 3 nitrogen and oxygen atoms in total. The second-order valence-electron chi connectivity index (χ2n) is 4.21. The number of para-hydroxylation sites is 1. The van der Waals surface area contributed by atoms with E-state index in [1.54, 1.807) is 0 Å². The highest BCUT2D eigenvalue weighted by atomic mass is 16.5. The van der Waals surface area contributed by atoms with E-state index < -0.39 is 0 Å². The zero-order valence-corrected chi connectivity index (χ0v) is 9.65. The van der Waals surface area contributed by atoms with E-state index >= 15 is 0 Å². The largest absolute Gasteiger partial charge is 0.392 e. The lowest BCUT2D eigenvalue weighted by Crippen LogP contribution is -2.41. The van der Waals surface area contributed by atoms with Crippen LogP contribution in [0.4, 0.5) is 5.69 Å². The maximum atomic E-state index is 9.19. The lowest BCUT2D eigenvalue weighted by molar-refractivity contribution is 0.00296. The predicted molar refractivity (Wildman–Crippen MR) is 64.4 cm³/mol. The van der Waals surface area contributed by atoms with Crippen molar-refractivity contribution in [2.24, 2.45) is 0 Å². The molecule has 0 heterocycles. The highest BCUT2D eigenvalue weighted by molar-refractivity contribution is 5.51. The Labute approximate surface area is 96.4 Å². The van der Waals surface area contributed by atoms with Crippen molar-refractivity contribution in [3.63, 3.8) is 0 Å². The summed E-state index contributed by atoms with van der Waals surface area (Å²) in [5.74, 6) is 0. The van der Waals surface area contributed by atoms with Crippen LogP contribution >= 0.6 is 0 Å². The van der Waals surface area contributed by atoms with Gasteiger partial charge >= 0.3 is 0 Å². The molecule has 0 unspecified atom stereocenters. The van der Waals surface area contributed by atoms with E-state index in [4.69, 9.17) is 4.74 Å². The van der Waals surface area contributed by atoms with Gasteiger partial charge in [-0.15, -0.1) is 0 Å². The molecule has 0 radical (unpaired) electrons. The summed E-state index contributed by atoms with van der Waals surface area (Å²) in [7, 11) is 0. The average Bonchev–Trinajstić information content (AvgIpc) is 2.27. The highest BCUT2D eigenvalue weighted by Gasteiger charge is 2.29. The van der Waals surface area contributed by atoms with Crippen LogP contribution in [0.5, 0.6) is 0 Å². The van der Waals surface area contributed by atoms with Crippen LogP contribution in [0.25, 0.3) is 0 Å². The van der Waals surface area contributed by atoms with Crippen LogP contribution in [0.15, 0.2) is 24.3 Å². The highest BCUT2D eigenvalue weighted by Crippen LogP contribution is 2.28. The van der Waals surface area contributed by atoms with Gasteiger partial charge in [0.1, 0.15) is 0 Å². The summed E-state index contributed by atoms with van der Waals surface area (Å²) in [5, 5.41) is 12.6. The van der Waals surface area contributed by atoms with E-state index in [1.165, 1.54) is 0 Å². The number of nitrogens with one attached hydrogen (secondary N) is 1. The van der Waals surface area contributed by atoms with Crippen molar-refractivity contribution in [2.45, 2.75) is 38.5 Å². The first-order valence-electron chi connectivity index (χ1n) is 5.90. The minimum Gasteiger partial charge on any atom is -0.392 e. The van der Waals surface area contributed by atoms with Gasteiger partial charge in [-0.1, -0.05) is 18.2 Å². The maximum Gasteiger partial charge on any atom is 0.0701 e. The third-order valence-corrected chi connectivity index (χ3v) is 3.04. The predicted octanol–water partition coefficient (Wildman–Crippen LogP) is 2.16. The van der Waals surface area contributed by atoms with Crippen LogP contribution in [0.3, 0.4) is 0 Å². The molecule has 0 spiro atoms. The van der Waals surface area contributed by atoms with Gasteiger partial charge in [0.15, 0.2) is 0 Å². The van der Waals surface area contributed by atoms with E-state index in [1.807, 2.05) is 31.2 Å². The Morgan fingerprint density at radius 2 is 2.12 bits per heavy atom. The molecule has 0 aliphatic heterocycles. The van der Waals surface area contributed by atoms with Gasteiger partial charge in [0, 0.05) is 23.9 Å². The molecule has 1 aliphatic carbocycles. The fraction of sp³-hybridized carbons (Fsp3) is 0.538. The molecule has 2 rings (SSSR count). The summed E-state index contributed by atoms with van der Waals surface area (Å²) < 4.78 is 5.51. The summed E-state index contributed by atoms with van der Waals surface area (Å²) in [4.78, 5) is 0. The third-order valence-electron chi connectivity index (χ3n) is 3.04. The molecule has 16 heavy (non-hydrogen) atoms. The Kier molecular flexibility index (Phi) is 3.80. The number of aliphatic hydroxyl groups is 1. The summed E-state index contributed by atoms with van der Waals surface area (Å²) in [6.45, 7) is 2.91. The van der Waals surface area contributed by atoms with Gasteiger partial charge in [-0.25, -0.2) is 0 Å². The fourth-order valence-electron chi connectivity index (χ4n) is 2.07. The number of rotatable bonds is 5. The molecule has 0 amide bonds. The van der Waals surface area contributed by atoms with Crippen molar-refractivity contribution in [1.29, 1.82) is 0 Å². The number of ether oxygens (including phenoxy) is 1. The zero-order valence-electron chi connectivity index (χ0n) is 9.65. The summed E-state index contributed by atoms with van der Waals surface area (Å²) in [6.07, 6.45) is 2.55. The summed E-state index contributed by atoms with van der Waals surface area (Å²) in [5.41, 5.74) is 2.01. The molecule has 3 heteroatoms. The summed E-state index contributed by atoms with van der Waals surface area (Å²) in [6, 6.07) is 8.38. The topological polar surface area (TPSA) is 41.5 Å². The zero-order chi connectivity index (χ0) is 11.4. The van der Waals surface area contributed by atoms with Gasteiger partial charge < -0.3 is 15.2 Å². The molecule has 1 saturated carbocycles. The van der Waals surface area contributed by atoms with E-state index in [0.29, 0.717) is 12.1 Å². The lowest BCUT2D eigenvalue weighted by atomic mass is 9.89. The second-order valence-corrected chi connectivity index (χ2v) is 4.21. The van der Waals surface area contributed by atoms with Crippen molar-refractivity contribution >= 4 is 5.69 Å². The molecule has 2 N–H and O–H groups in total. The molecule has 1 aromatic carbocycles.